The zero-order valence-electron chi connectivity index (χ0n) is 13.7. The zero-order chi connectivity index (χ0) is 16.1. The van der Waals surface area contributed by atoms with Gasteiger partial charge in [0.25, 0.3) is 5.91 Å². The summed E-state index contributed by atoms with van der Waals surface area (Å²) in [4.78, 5) is 18.8. The predicted octanol–water partition coefficient (Wildman–Crippen LogP) is 3.80. The van der Waals surface area contributed by atoms with Gasteiger partial charge in [0, 0.05) is 30.7 Å². The normalized spacial score (nSPS) is 10.4. The van der Waals surface area contributed by atoms with Gasteiger partial charge in [0.2, 0.25) is 0 Å². The van der Waals surface area contributed by atoms with Crippen LogP contribution in [0, 0.1) is 13.8 Å². The molecule has 1 aromatic heterocycles. The third-order valence-corrected chi connectivity index (χ3v) is 3.96. The Labute approximate surface area is 132 Å². The van der Waals surface area contributed by atoms with Gasteiger partial charge in [0.15, 0.2) is 0 Å². The number of rotatable bonds is 5. The summed E-state index contributed by atoms with van der Waals surface area (Å²) in [6, 6.07) is 9.66. The summed E-state index contributed by atoms with van der Waals surface area (Å²) in [7, 11) is 0. The number of carbonyl (C=O) groups is 1. The van der Waals surface area contributed by atoms with Crippen LogP contribution in [0.15, 0.2) is 36.5 Å². The number of nitrogens with zero attached hydrogens (tertiary/aromatic N) is 2. The molecule has 0 aliphatic carbocycles. The van der Waals surface area contributed by atoms with E-state index in [0.717, 1.165) is 35.6 Å². The second-order valence-electron chi connectivity index (χ2n) is 5.27. The van der Waals surface area contributed by atoms with Gasteiger partial charge in [-0.05, 0) is 57.0 Å². The largest absolute Gasteiger partial charge is 0.372 e. The Balaban J connectivity index is 2.23. The molecule has 1 heterocycles. The molecule has 2 rings (SSSR count). The summed E-state index contributed by atoms with van der Waals surface area (Å²) >= 11 is 0. The van der Waals surface area contributed by atoms with Crippen molar-refractivity contribution in [2.24, 2.45) is 0 Å². The maximum atomic E-state index is 12.4. The molecule has 1 N–H and O–H groups in total. The Hall–Kier alpha value is -2.36. The van der Waals surface area contributed by atoms with Gasteiger partial charge >= 0.3 is 0 Å². The van der Waals surface area contributed by atoms with E-state index in [-0.39, 0.29) is 5.91 Å². The first-order valence-corrected chi connectivity index (χ1v) is 7.65. The number of hydrogen-bond donors (Lipinski definition) is 1. The van der Waals surface area contributed by atoms with Gasteiger partial charge in [-0.25, -0.2) is 0 Å². The number of benzene rings is 1. The molecule has 4 nitrogen and oxygen atoms in total. The van der Waals surface area contributed by atoms with E-state index in [4.69, 9.17) is 0 Å². The van der Waals surface area contributed by atoms with E-state index in [1.165, 1.54) is 0 Å². The molecule has 1 amide bonds. The first-order valence-electron chi connectivity index (χ1n) is 7.65. The Morgan fingerprint density at radius 2 is 1.91 bits per heavy atom. The first kappa shape index (κ1) is 16.0. The fraction of sp³-hybridized carbons (Fsp3) is 0.333. The van der Waals surface area contributed by atoms with Gasteiger partial charge in [-0.3, -0.25) is 9.78 Å². The topological polar surface area (TPSA) is 45.2 Å². The highest BCUT2D eigenvalue weighted by Gasteiger charge is 2.12. The third kappa shape index (κ3) is 3.45. The molecule has 2 aromatic rings. The van der Waals surface area contributed by atoms with E-state index in [0.29, 0.717) is 5.69 Å². The van der Waals surface area contributed by atoms with Crippen molar-refractivity contribution in [1.29, 1.82) is 0 Å². The van der Waals surface area contributed by atoms with Crippen molar-refractivity contribution >= 4 is 17.3 Å². The fourth-order valence-corrected chi connectivity index (χ4v) is 2.40. The van der Waals surface area contributed by atoms with Crippen LogP contribution in [0.3, 0.4) is 0 Å². The van der Waals surface area contributed by atoms with Crippen molar-refractivity contribution in [1.82, 2.24) is 4.98 Å². The van der Waals surface area contributed by atoms with Crippen molar-refractivity contribution in [3.63, 3.8) is 0 Å². The summed E-state index contributed by atoms with van der Waals surface area (Å²) in [5.41, 5.74) is 4.52. The predicted molar refractivity (Wildman–Crippen MR) is 91.7 cm³/mol. The molecular formula is C18H23N3O. The summed E-state index contributed by atoms with van der Waals surface area (Å²) in [6.07, 6.45) is 1.69. The molecule has 22 heavy (non-hydrogen) atoms. The van der Waals surface area contributed by atoms with E-state index in [2.05, 4.69) is 29.0 Å². The maximum absolute atomic E-state index is 12.4. The summed E-state index contributed by atoms with van der Waals surface area (Å²) in [5, 5.41) is 2.95. The van der Waals surface area contributed by atoms with Crippen LogP contribution in [0.2, 0.25) is 0 Å². The Morgan fingerprint density at radius 3 is 2.59 bits per heavy atom. The third-order valence-electron chi connectivity index (χ3n) is 3.96. The highest BCUT2D eigenvalue weighted by atomic mass is 16.1. The van der Waals surface area contributed by atoms with Crippen LogP contribution in [0.5, 0.6) is 0 Å². The molecule has 0 radical (unpaired) electrons. The van der Waals surface area contributed by atoms with Crippen LogP contribution in [0.25, 0.3) is 0 Å². The van der Waals surface area contributed by atoms with Gasteiger partial charge in [-0.15, -0.1) is 0 Å². The van der Waals surface area contributed by atoms with Crippen molar-refractivity contribution in [2.75, 3.05) is 23.3 Å². The van der Waals surface area contributed by atoms with Crippen LogP contribution in [-0.4, -0.2) is 24.0 Å². The van der Waals surface area contributed by atoms with Crippen LogP contribution < -0.4 is 10.2 Å². The molecule has 0 saturated heterocycles. The van der Waals surface area contributed by atoms with Crippen molar-refractivity contribution in [3.8, 4) is 0 Å². The number of aryl methyl sites for hydroxylation is 1. The highest BCUT2D eigenvalue weighted by Crippen LogP contribution is 2.20. The molecule has 0 spiro atoms. The Bertz CT molecular complexity index is 663. The van der Waals surface area contributed by atoms with Crippen molar-refractivity contribution in [3.05, 3.63) is 53.3 Å². The van der Waals surface area contributed by atoms with Gasteiger partial charge in [-0.2, -0.15) is 0 Å². The molecule has 0 saturated carbocycles. The van der Waals surface area contributed by atoms with Crippen LogP contribution >= 0.6 is 0 Å². The SMILES string of the molecule is CCN(CC)c1ccnc(C(=O)Nc2cccc(C)c2C)c1. The summed E-state index contributed by atoms with van der Waals surface area (Å²) in [5.74, 6) is -0.178. The quantitative estimate of drug-likeness (QED) is 0.913. The fourth-order valence-electron chi connectivity index (χ4n) is 2.40. The molecule has 1 aromatic carbocycles. The number of pyridine rings is 1. The number of anilines is 2. The van der Waals surface area contributed by atoms with Crippen molar-refractivity contribution < 1.29 is 4.79 Å². The summed E-state index contributed by atoms with van der Waals surface area (Å²) < 4.78 is 0. The average Bonchev–Trinajstić information content (AvgIpc) is 2.53. The highest BCUT2D eigenvalue weighted by molar-refractivity contribution is 6.03. The monoisotopic (exact) mass is 297 g/mol. The Morgan fingerprint density at radius 1 is 1.18 bits per heavy atom. The second-order valence-corrected chi connectivity index (χ2v) is 5.27. The van der Waals surface area contributed by atoms with E-state index in [1.807, 2.05) is 44.2 Å². The van der Waals surface area contributed by atoms with Crippen LogP contribution in [0.4, 0.5) is 11.4 Å². The van der Waals surface area contributed by atoms with Gasteiger partial charge < -0.3 is 10.2 Å². The van der Waals surface area contributed by atoms with Gasteiger partial charge in [0.05, 0.1) is 0 Å². The average molecular weight is 297 g/mol. The number of aromatic nitrogens is 1. The second kappa shape index (κ2) is 7.07. The van der Waals surface area contributed by atoms with Gasteiger partial charge in [0.1, 0.15) is 5.69 Å². The lowest BCUT2D eigenvalue weighted by Crippen LogP contribution is -2.23. The minimum Gasteiger partial charge on any atom is -0.372 e. The molecule has 0 aliphatic rings. The lowest BCUT2D eigenvalue weighted by Gasteiger charge is -2.21. The molecule has 4 heteroatoms. The van der Waals surface area contributed by atoms with Crippen molar-refractivity contribution in [2.45, 2.75) is 27.7 Å². The minimum atomic E-state index is -0.178. The Kier molecular flexibility index (Phi) is 5.15. The minimum absolute atomic E-state index is 0.178. The molecule has 0 unspecified atom stereocenters. The number of nitrogens with one attached hydrogen (secondary N) is 1. The zero-order valence-corrected chi connectivity index (χ0v) is 13.7. The standard InChI is InChI=1S/C18H23N3O/c1-5-21(6-2)15-10-11-19-17(12-15)18(22)20-16-9-7-8-13(3)14(16)4/h7-12H,5-6H2,1-4H3,(H,20,22). The molecule has 0 fully saturated rings. The number of carbonyl (C=O) groups excluding carboxylic acids is 1. The van der Waals surface area contributed by atoms with E-state index < -0.39 is 0 Å². The molecule has 0 atom stereocenters. The van der Waals surface area contributed by atoms with Gasteiger partial charge in [-0.1, -0.05) is 12.1 Å². The molecular weight excluding hydrogens is 274 g/mol. The van der Waals surface area contributed by atoms with E-state index in [1.54, 1.807) is 6.20 Å². The molecule has 116 valence electrons. The van der Waals surface area contributed by atoms with Crippen LogP contribution in [0.1, 0.15) is 35.5 Å². The summed E-state index contributed by atoms with van der Waals surface area (Å²) in [6.45, 7) is 10.0. The first-order chi connectivity index (χ1) is 10.6. The molecule has 0 bridgehead atoms. The lowest BCUT2D eigenvalue weighted by molar-refractivity contribution is 0.102. The molecule has 0 aliphatic heterocycles. The lowest BCUT2D eigenvalue weighted by atomic mass is 10.1. The smallest absolute Gasteiger partial charge is 0.274 e. The van der Waals surface area contributed by atoms with Crippen LogP contribution in [-0.2, 0) is 0 Å². The van der Waals surface area contributed by atoms with E-state index in [9.17, 15) is 4.79 Å². The van der Waals surface area contributed by atoms with E-state index >= 15 is 0 Å². The number of amides is 1. The number of hydrogen-bond acceptors (Lipinski definition) is 3. The maximum Gasteiger partial charge on any atom is 0.274 e.